The molecule has 0 amide bonds. The van der Waals surface area contributed by atoms with Crippen LogP contribution in [0.4, 0.5) is 0 Å². The Hall–Kier alpha value is -1.49. The molecule has 0 unspecified atom stereocenters. The highest BCUT2D eigenvalue weighted by Gasteiger charge is 2.00. The van der Waals surface area contributed by atoms with E-state index in [1.54, 1.807) is 18.3 Å². The molecule has 2 rings (SSSR count). The normalized spacial score (nSPS) is 10.6. The maximum absolute atomic E-state index is 8.76. The van der Waals surface area contributed by atoms with Gasteiger partial charge in [0, 0.05) is 6.20 Å². The van der Waals surface area contributed by atoms with E-state index in [0.717, 1.165) is 5.52 Å². The van der Waals surface area contributed by atoms with Crippen molar-refractivity contribution in [3.63, 3.8) is 0 Å². The monoisotopic (exact) mass is 150 g/mol. The number of aromatic nitrogens is 4. The van der Waals surface area contributed by atoms with Crippen LogP contribution in [0, 0.1) is 0 Å². The van der Waals surface area contributed by atoms with Crippen molar-refractivity contribution in [1.82, 2.24) is 20.0 Å². The molecule has 0 fully saturated rings. The number of nitrogens with zero attached hydrogens (tertiary/aromatic N) is 4. The second kappa shape index (κ2) is 2.28. The molecule has 0 aliphatic rings. The summed E-state index contributed by atoms with van der Waals surface area (Å²) in [5.41, 5.74) is 1.30. The Morgan fingerprint density at radius 2 is 2.45 bits per heavy atom. The smallest absolute Gasteiger partial charge is 0.201 e. The minimum atomic E-state index is -0.164. The summed E-state index contributed by atoms with van der Waals surface area (Å²) >= 11 is 0. The third kappa shape index (κ3) is 0.857. The Balaban J connectivity index is 2.76. The Kier molecular flexibility index (Phi) is 1.29. The molecule has 56 valence electrons. The molecule has 0 saturated heterocycles. The first-order valence-corrected chi connectivity index (χ1v) is 3.17. The van der Waals surface area contributed by atoms with Crippen molar-refractivity contribution in [1.29, 1.82) is 0 Å². The molecule has 0 aliphatic carbocycles. The second-order valence-corrected chi connectivity index (χ2v) is 2.08. The highest BCUT2D eigenvalue weighted by atomic mass is 16.3. The fourth-order valence-electron chi connectivity index (χ4n) is 0.916. The molecular weight excluding hydrogens is 144 g/mol. The van der Waals surface area contributed by atoms with Gasteiger partial charge < -0.3 is 5.11 Å². The lowest BCUT2D eigenvalue weighted by Gasteiger charge is -1.91. The molecular formula is C6H6N4O. The van der Waals surface area contributed by atoms with E-state index in [1.165, 1.54) is 4.68 Å². The summed E-state index contributed by atoms with van der Waals surface area (Å²) in [7, 11) is 0. The summed E-state index contributed by atoms with van der Waals surface area (Å²) in [5.74, 6) is 0. The van der Waals surface area contributed by atoms with Crippen molar-refractivity contribution in [2.45, 2.75) is 6.73 Å². The number of aliphatic hydroxyl groups excluding tert-OH is 1. The first kappa shape index (κ1) is 6.23. The maximum atomic E-state index is 8.76. The van der Waals surface area contributed by atoms with Crippen LogP contribution in [0.3, 0.4) is 0 Å². The quantitative estimate of drug-likeness (QED) is 0.610. The third-order valence-electron chi connectivity index (χ3n) is 1.43. The van der Waals surface area contributed by atoms with Gasteiger partial charge in [0.25, 0.3) is 0 Å². The fourth-order valence-corrected chi connectivity index (χ4v) is 0.916. The minimum Gasteiger partial charge on any atom is -0.374 e. The number of fused-ring (bicyclic) bond motifs is 1. The van der Waals surface area contributed by atoms with Gasteiger partial charge in [-0.1, -0.05) is 5.21 Å². The Bertz CT molecular complexity index is 369. The summed E-state index contributed by atoms with van der Waals surface area (Å²) in [4.78, 5) is 3.94. The van der Waals surface area contributed by atoms with E-state index >= 15 is 0 Å². The Labute approximate surface area is 62.3 Å². The van der Waals surface area contributed by atoms with Gasteiger partial charge in [0.1, 0.15) is 12.2 Å². The predicted octanol–water partition coefficient (Wildman–Crippen LogP) is -0.224. The van der Waals surface area contributed by atoms with Crippen LogP contribution in [-0.4, -0.2) is 25.1 Å². The zero-order valence-corrected chi connectivity index (χ0v) is 5.68. The van der Waals surface area contributed by atoms with Crippen LogP contribution in [0.1, 0.15) is 0 Å². The minimum absolute atomic E-state index is 0.164. The van der Waals surface area contributed by atoms with E-state index in [4.69, 9.17) is 5.11 Å². The largest absolute Gasteiger partial charge is 0.374 e. The van der Waals surface area contributed by atoms with E-state index in [-0.39, 0.29) is 6.73 Å². The topological polar surface area (TPSA) is 63.8 Å². The predicted molar refractivity (Wildman–Crippen MR) is 37.5 cm³/mol. The van der Waals surface area contributed by atoms with Crippen molar-refractivity contribution < 1.29 is 5.11 Å². The SMILES string of the molecule is OCn1nnc2ncccc21. The van der Waals surface area contributed by atoms with Crippen LogP contribution in [0.25, 0.3) is 11.2 Å². The molecule has 0 spiro atoms. The van der Waals surface area contributed by atoms with E-state index in [2.05, 4.69) is 15.3 Å². The van der Waals surface area contributed by atoms with Gasteiger partial charge in [-0.2, -0.15) is 0 Å². The van der Waals surface area contributed by atoms with E-state index in [0.29, 0.717) is 5.65 Å². The third-order valence-corrected chi connectivity index (χ3v) is 1.43. The van der Waals surface area contributed by atoms with Crippen LogP contribution in [0.5, 0.6) is 0 Å². The lowest BCUT2D eigenvalue weighted by molar-refractivity contribution is 0.197. The number of pyridine rings is 1. The van der Waals surface area contributed by atoms with Gasteiger partial charge in [0.15, 0.2) is 0 Å². The van der Waals surface area contributed by atoms with Gasteiger partial charge in [0.2, 0.25) is 5.65 Å². The number of rotatable bonds is 1. The molecule has 2 aromatic rings. The van der Waals surface area contributed by atoms with Crippen LogP contribution in [-0.2, 0) is 6.73 Å². The number of aliphatic hydroxyl groups is 1. The van der Waals surface area contributed by atoms with Gasteiger partial charge in [-0.25, -0.2) is 9.67 Å². The summed E-state index contributed by atoms with van der Waals surface area (Å²) < 4.78 is 1.38. The molecule has 2 heterocycles. The van der Waals surface area contributed by atoms with Crippen molar-refractivity contribution in [3.05, 3.63) is 18.3 Å². The average Bonchev–Trinajstić information content (AvgIpc) is 2.47. The van der Waals surface area contributed by atoms with Gasteiger partial charge in [-0.15, -0.1) is 5.10 Å². The van der Waals surface area contributed by atoms with E-state index < -0.39 is 0 Å². The molecule has 0 saturated carbocycles. The van der Waals surface area contributed by atoms with Crippen LogP contribution < -0.4 is 0 Å². The highest BCUT2D eigenvalue weighted by Crippen LogP contribution is 2.04. The van der Waals surface area contributed by atoms with Gasteiger partial charge in [-0.3, -0.25) is 0 Å². The Morgan fingerprint density at radius 1 is 1.55 bits per heavy atom. The standard InChI is InChI=1S/C6H6N4O/c11-4-10-5-2-1-3-7-6(5)8-9-10/h1-3,11H,4H2. The van der Waals surface area contributed by atoms with Gasteiger partial charge >= 0.3 is 0 Å². The van der Waals surface area contributed by atoms with Gasteiger partial charge in [-0.05, 0) is 12.1 Å². The summed E-state index contributed by atoms with van der Waals surface area (Å²) in [6, 6.07) is 3.58. The van der Waals surface area contributed by atoms with E-state index in [1.807, 2.05) is 0 Å². The molecule has 5 heteroatoms. The molecule has 0 bridgehead atoms. The maximum Gasteiger partial charge on any atom is 0.201 e. The number of hydrogen-bond donors (Lipinski definition) is 1. The van der Waals surface area contributed by atoms with Crippen molar-refractivity contribution in [2.24, 2.45) is 0 Å². The molecule has 0 atom stereocenters. The first-order chi connectivity index (χ1) is 5.42. The zero-order valence-electron chi connectivity index (χ0n) is 5.68. The molecule has 5 nitrogen and oxygen atoms in total. The zero-order chi connectivity index (χ0) is 7.68. The van der Waals surface area contributed by atoms with Crippen molar-refractivity contribution in [3.8, 4) is 0 Å². The highest BCUT2D eigenvalue weighted by molar-refractivity contribution is 5.68. The Morgan fingerprint density at radius 3 is 3.27 bits per heavy atom. The van der Waals surface area contributed by atoms with E-state index in [9.17, 15) is 0 Å². The van der Waals surface area contributed by atoms with Crippen LogP contribution in [0.2, 0.25) is 0 Å². The first-order valence-electron chi connectivity index (χ1n) is 3.17. The summed E-state index contributed by atoms with van der Waals surface area (Å²) in [6.45, 7) is -0.164. The molecule has 11 heavy (non-hydrogen) atoms. The lowest BCUT2D eigenvalue weighted by Crippen LogP contribution is -1.97. The fraction of sp³-hybridized carbons (Fsp3) is 0.167. The van der Waals surface area contributed by atoms with Crippen LogP contribution >= 0.6 is 0 Å². The van der Waals surface area contributed by atoms with Crippen molar-refractivity contribution >= 4 is 11.2 Å². The van der Waals surface area contributed by atoms with Crippen LogP contribution in [0.15, 0.2) is 18.3 Å². The van der Waals surface area contributed by atoms with Crippen molar-refractivity contribution in [2.75, 3.05) is 0 Å². The molecule has 2 aromatic heterocycles. The molecule has 0 aromatic carbocycles. The molecule has 0 aliphatic heterocycles. The second-order valence-electron chi connectivity index (χ2n) is 2.08. The number of hydrogen-bond acceptors (Lipinski definition) is 4. The lowest BCUT2D eigenvalue weighted by atomic mass is 10.4. The average molecular weight is 150 g/mol. The van der Waals surface area contributed by atoms with Gasteiger partial charge in [0.05, 0.1) is 0 Å². The summed E-state index contributed by atoms with van der Waals surface area (Å²) in [5, 5.41) is 16.2. The molecule has 0 radical (unpaired) electrons. The summed E-state index contributed by atoms with van der Waals surface area (Å²) in [6.07, 6.45) is 1.64. The molecule has 1 N–H and O–H groups in total.